The maximum atomic E-state index is 12.7. The fraction of sp³-hybridized carbons (Fsp3) is 0.500. The van der Waals surface area contributed by atoms with Crippen molar-refractivity contribution in [2.75, 3.05) is 5.88 Å². The van der Waals surface area contributed by atoms with E-state index in [1.807, 2.05) is 0 Å². The van der Waals surface area contributed by atoms with Gasteiger partial charge >= 0.3 is 6.18 Å². The first-order valence-electron chi connectivity index (χ1n) is 5.68. The summed E-state index contributed by atoms with van der Waals surface area (Å²) in [5.74, 6) is 0.190. The summed E-state index contributed by atoms with van der Waals surface area (Å²) in [5.41, 5.74) is 10.8. The molecule has 0 saturated carbocycles. The zero-order chi connectivity index (χ0) is 14.6. The predicted octanol–water partition coefficient (Wildman–Crippen LogP) is 3.39. The molecule has 1 aromatic carbocycles. The van der Waals surface area contributed by atoms with Gasteiger partial charge in [-0.3, -0.25) is 0 Å². The number of nitrogens with two attached hydrogens (primary N) is 2. The lowest BCUT2D eigenvalue weighted by atomic mass is 9.93. The predicted molar refractivity (Wildman–Crippen MR) is 71.1 cm³/mol. The third-order valence-electron chi connectivity index (χ3n) is 2.86. The monoisotopic (exact) mass is 314 g/mol. The first-order valence-corrected chi connectivity index (χ1v) is 6.59. The van der Waals surface area contributed by atoms with Crippen LogP contribution >= 0.6 is 23.2 Å². The van der Waals surface area contributed by atoms with E-state index >= 15 is 0 Å². The molecule has 0 heterocycles. The van der Waals surface area contributed by atoms with Gasteiger partial charge in [0.15, 0.2) is 0 Å². The zero-order valence-electron chi connectivity index (χ0n) is 10.1. The third kappa shape index (κ3) is 4.84. The molecule has 0 bridgehead atoms. The van der Waals surface area contributed by atoms with E-state index in [1.165, 1.54) is 6.07 Å². The van der Waals surface area contributed by atoms with Crippen LogP contribution in [0.15, 0.2) is 18.2 Å². The molecule has 0 aliphatic rings. The maximum Gasteiger partial charge on any atom is 0.417 e. The van der Waals surface area contributed by atoms with Gasteiger partial charge in [0.05, 0.1) is 16.8 Å². The van der Waals surface area contributed by atoms with Crippen LogP contribution in [0, 0.1) is 5.92 Å². The largest absolute Gasteiger partial charge is 0.417 e. The zero-order valence-corrected chi connectivity index (χ0v) is 11.6. The Morgan fingerprint density at radius 2 is 1.84 bits per heavy atom. The summed E-state index contributed by atoms with van der Waals surface area (Å²) < 4.78 is 38.2. The fourth-order valence-electron chi connectivity index (χ4n) is 1.79. The van der Waals surface area contributed by atoms with Gasteiger partial charge in [0.25, 0.3) is 0 Å². The summed E-state index contributed by atoms with van der Waals surface area (Å²) in [6.07, 6.45) is -4.21. The Labute approximate surface area is 119 Å². The smallest absolute Gasteiger partial charge is 0.316 e. The molecule has 4 N–H and O–H groups in total. The second kappa shape index (κ2) is 6.79. The second-order valence-electron chi connectivity index (χ2n) is 4.33. The Morgan fingerprint density at radius 1 is 1.21 bits per heavy atom. The van der Waals surface area contributed by atoms with Crippen LogP contribution in [0.25, 0.3) is 0 Å². The molecule has 108 valence electrons. The summed E-state index contributed by atoms with van der Waals surface area (Å²) >= 11 is 11.2. The van der Waals surface area contributed by atoms with Crippen molar-refractivity contribution in [3.63, 3.8) is 0 Å². The third-order valence-corrected chi connectivity index (χ3v) is 3.41. The molecular weight excluding hydrogens is 300 g/mol. The van der Waals surface area contributed by atoms with Crippen molar-refractivity contribution in [2.45, 2.75) is 25.2 Å². The van der Waals surface area contributed by atoms with Gasteiger partial charge in [-0.05, 0) is 36.5 Å². The number of alkyl halides is 4. The summed E-state index contributed by atoms with van der Waals surface area (Å²) in [6.45, 7) is 0. The van der Waals surface area contributed by atoms with E-state index < -0.39 is 17.9 Å². The van der Waals surface area contributed by atoms with Crippen molar-refractivity contribution in [3.8, 4) is 0 Å². The van der Waals surface area contributed by atoms with Crippen LogP contribution in [0.2, 0.25) is 5.02 Å². The highest BCUT2D eigenvalue weighted by Crippen LogP contribution is 2.35. The lowest BCUT2D eigenvalue weighted by Crippen LogP contribution is -2.40. The van der Waals surface area contributed by atoms with Crippen molar-refractivity contribution >= 4 is 23.2 Å². The van der Waals surface area contributed by atoms with E-state index in [9.17, 15) is 13.2 Å². The van der Waals surface area contributed by atoms with Crippen LogP contribution in [0.4, 0.5) is 13.2 Å². The molecule has 1 aromatic rings. The Hall–Kier alpha value is -0.490. The minimum absolute atomic E-state index is 0.167. The molecule has 2 nitrogen and oxygen atoms in total. The average molecular weight is 315 g/mol. The number of halogens is 5. The average Bonchev–Trinajstić information content (AvgIpc) is 2.29. The highest BCUT2D eigenvalue weighted by molar-refractivity contribution is 6.31. The van der Waals surface area contributed by atoms with Gasteiger partial charge in [-0.25, -0.2) is 0 Å². The molecule has 0 radical (unpaired) electrons. The van der Waals surface area contributed by atoms with Crippen LogP contribution in [0.5, 0.6) is 0 Å². The summed E-state index contributed by atoms with van der Waals surface area (Å²) in [4.78, 5) is 0. The molecule has 19 heavy (non-hydrogen) atoms. The van der Waals surface area contributed by atoms with E-state index in [1.54, 1.807) is 6.07 Å². The van der Waals surface area contributed by atoms with Crippen LogP contribution in [-0.4, -0.2) is 12.0 Å². The van der Waals surface area contributed by atoms with Crippen molar-refractivity contribution in [1.82, 2.24) is 0 Å². The van der Waals surface area contributed by atoms with Gasteiger partial charge in [-0.15, -0.1) is 11.6 Å². The first kappa shape index (κ1) is 16.6. The molecule has 1 atom stereocenters. The molecule has 1 unspecified atom stereocenters. The number of benzene rings is 1. The van der Waals surface area contributed by atoms with E-state index in [2.05, 4.69) is 0 Å². The number of rotatable bonds is 5. The maximum absolute atomic E-state index is 12.7. The Balaban J connectivity index is 2.96. The van der Waals surface area contributed by atoms with Crippen LogP contribution in [0.3, 0.4) is 0 Å². The molecule has 0 fully saturated rings. The molecule has 0 aliphatic carbocycles. The number of hydrogen-bond acceptors (Lipinski definition) is 2. The Morgan fingerprint density at radius 3 is 2.32 bits per heavy atom. The molecule has 0 amide bonds. The van der Waals surface area contributed by atoms with Crippen LogP contribution < -0.4 is 11.5 Å². The fourth-order valence-corrected chi connectivity index (χ4v) is 2.30. The molecule has 7 heteroatoms. The molecular formula is C12H15Cl2F3N2. The van der Waals surface area contributed by atoms with Gasteiger partial charge < -0.3 is 11.5 Å². The molecule has 0 aromatic heterocycles. The van der Waals surface area contributed by atoms with Crippen molar-refractivity contribution in [2.24, 2.45) is 17.4 Å². The lowest BCUT2D eigenvalue weighted by Gasteiger charge is -2.20. The summed E-state index contributed by atoms with van der Waals surface area (Å²) in [7, 11) is 0. The van der Waals surface area contributed by atoms with Crippen molar-refractivity contribution in [3.05, 3.63) is 34.3 Å². The van der Waals surface area contributed by atoms with Gasteiger partial charge in [-0.1, -0.05) is 17.7 Å². The number of hydrogen-bond donors (Lipinski definition) is 2. The van der Waals surface area contributed by atoms with E-state index in [0.717, 1.165) is 6.07 Å². The van der Waals surface area contributed by atoms with Gasteiger partial charge in [0.2, 0.25) is 0 Å². The minimum atomic E-state index is -4.47. The van der Waals surface area contributed by atoms with Crippen molar-refractivity contribution in [1.29, 1.82) is 0 Å². The van der Waals surface area contributed by atoms with E-state index in [4.69, 9.17) is 34.7 Å². The van der Waals surface area contributed by atoms with Crippen LogP contribution in [0.1, 0.15) is 17.5 Å². The summed E-state index contributed by atoms with van der Waals surface area (Å²) in [6, 6.07) is 3.81. The Bertz CT molecular complexity index is 422. The molecule has 1 rings (SSSR count). The van der Waals surface area contributed by atoms with Gasteiger partial charge in [0.1, 0.15) is 0 Å². The first-order chi connectivity index (χ1) is 8.75. The van der Waals surface area contributed by atoms with Gasteiger partial charge in [-0.2, -0.15) is 13.2 Å². The SMILES string of the molecule is NC(N)C(CCCl)Cc1ccc(Cl)c(C(F)(F)F)c1. The normalized spacial score (nSPS) is 13.9. The van der Waals surface area contributed by atoms with Crippen LogP contribution in [-0.2, 0) is 12.6 Å². The highest BCUT2D eigenvalue weighted by atomic mass is 35.5. The quantitative estimate of drug-likeness (QED) is 0.646. The van der Waals surface area contributed by atoms with E-state index in [-0.39, 0.29) is 10.9 Å². The molecule has 0 aliphatic heterocycles. The molecule has 0 saturated heterocycles. The highest BCUT2D eigenvalue weighted by Gasteiger charge is 2.33. The second-order valence-corrected chi connectivity index (χ2v) is 5.12. The topological polar surface area (TPSA) is 52.0 Å². The van der Waals surface area contributed by atoms with Gasteiger partial charge in [0, 0.05) is 5.88 Å². The Kier molecular flexibility index (Phi) is 5.92. The van der Waals surface area contributed by atoms with E-state index in [0.29, 0.717) is 24.3 Å². The van der Waals surface area contributed by atoms with Crippen molar-refractivity contribution < 1.29 is 13.2 Å². The standard InChI is InChI=1S/C12H15Cl2F3N2/c13-4-3-8(11(18)19)5-7-1-2-10(14)9(6-7)12(15,16)17/h1-2,6,8,11H,3-5,18-19H2. The summed E-state index contributed by atoms with van der Waals surface area (Å²) in [5, 5.41) is -0.317. The lowest BCUT2D eigenvalue weighted by molar-refractivity contribution is -0.137. The minimum Gasteiger partial charge on any atom is -0.316 e. The molecule has 0 spiro atoms.